The fraction of sp³-hybridized carbons (Fsp3) is 0.361. The first kappa shape index (κ1) is 31.9. The summed E-state index contributed by atoms with van der Waals surface area (Å²) in [4.78, 5) is 13.9. The minimum absolute atomic E-state index is 0.359. The Balaban J connectivity index is 1.56. The molecule has 5 heteroatoms. The number of halogens is 3. The van der Waals surface area contributed by atoms with Crippen LogP contribution in [0.25, 0.3) is 24.3 Å². The van der Waals surface area contributed by atoms with Gasteiger partial charge in [-0.05, 0) is 47.2 Å². The molecule has 0 heterocycles. The Morgan fingerprint density at radius 2 is 0.951 bits per heavy atom. The van der Waals surface area contributed by atoms with Crippen LogP contribution in [0.2, 0.25) is 0 Å². The van der Waals surface area contributed by atoms with Crippen LogP contribution < -0.4 is 4.90 Å². The topological polar surface area (TPSA) is 20.3 Å². The molecule has 0 amide bonds. The maximum atomic E-state index is 12.6. The van der Waals surface area contributed by atoms with E-state index in [1.807, 2.05) is 36.4 Å². The molecule has 0 aromatic heterocycles. The van der Waals surface area contributed by atoms with Gasteiger partial charge in [-0.1, -0.05) is 137 Å². The zero-order valence-corrected chi connectivity index (χ0v) is 24.3. The molecule has 0 aliphatic rings. The van der Waals surface area contributed by atoms with Crippen LogP contribution in [0.4, 0.5) is 18.9 Å². The van der Waals surface area contributed by atoms with E-state index in [-0.39, 0.29) is 5.56 Å². The van der Waals surface area contributed by atoms with Crippen molar-refractivity contribution in [2.75, 3.05) is 18.0 Å². The van der Waals surface area contributed by atoms with E-state index in [9.17, 15) is 18.0 Å². The Morgan fingerprint density at radius 3 is 1.32 bits per heavy atom. The molecule has 3 aromatic rings. The number of alkyl halides is 3. The monoisotopic (exact) mass is 561 g/mol. The molecule has 0 bridgehead atoms. The van der Waals surface area contributed by atoms with Crippen LogP contribution >= 0.6 is 0 Å². The van der Waals surface area contributed by atoms with Crippen LogP contribution in [0.5, 0.6) is 0 Å². The zero-order valence-electron chi connectivity index (χ0n) is 24.3. The predicted molar refractivity (Wildman–Crippen MR) is 168 cm³/mol. The van der Waals surface area contributed by atoms with Gasteiger partial charge in [-0.2, -0.15) is 13.2 Å². The molecular weight excluding hydrogens is 519 g/mol. The van der Waals surface area contributed by atoms with E-state index in [0.717, 1.165) is 35.3 Å². The van der Waals surface area contributed by atoms with Gasteiger partial charge < -0.3 is 4.90 Å². The molecule has 2 nitrogen and oxygen atoms in total. The number of Topliss-reactive ketones (excluding diaryl/α,β-unsaturated/α-hetero) is 1. The number of anilines is 1. The highest BCUT2D eigenvalue weighted by Gasteiger charge is 2.39. The van der Waals surface area contributed by atoms with Crippen LogP contribution in [0.3, 0.4) is 0 Å². The Morgan fingerprint density at radius 1 is 0.585 bits per heavy atom. The van der Waals surface area contributed by atoms with Crippen molar-refractivity contribution in [3.05, 3.63) is 101 Å². The van der Waals surface area contributed by atoms with Gasteiger partial charge in [0, 0.05) is 24.3 Å². The van der Waals surface area contributed by atoms with Crippen molar-refractivity contribution >= 4 is 35.8 Å². The molecule has 0 N–H and O–H groups in total. The van der Waals surface area contributed by atoms with Crippen molar-refractivity contribution in [1.29, 1.82) is 0 Å². The maximum Gasteiger partial charge on any atom is 0.454 e. The lowest BCUT2D eigenvalue weighted by atomic mass is 10.1. The number of hydrogen-bond acceptors (Lipinski definition) is 2. The lowest BCUT2D eigenvalue weighted by Crippen LogP contribution is -2.25. The summed E-state index contributed by atoms with van der Waals surface area (Å²) in [5.74, 6) is -1.83. The standard InChI is InChI=1S/C36H42F3NO/c1-3-5-7-9-27-40(28-10-8-6-4-2)34-25-21-32(22-26-34)18-16-30-13-11-29(12-14-30)15-17-31-19-23-33(24-20-31)35(41)36(37,38)39/h11-26H,3-10,27-28H2,1-2H3. The van der Waals surface area contributed by atoms with Crippen molar-refractivity contribution in [3.63, 3.8) is 0 Å². The van der Waals surface area contributed by atoms with Crippen LogP contribution in [-0.2, 0) is 0 Å². The van der Waals surface area contributed by atoms with Crippen molar-refractivity contribution in [2.24, 2.45) is 0 Å². The van der Waals surface area contributed by atoms with E-state index in [4.69, 9.17) is 0 Å². The Bertz CT molecular complexity index is 1230. The number of carbonyl (C=O) groups excluding carboxylic acids is 1. The fourth-order valence-electron chi connectivity index (χ4n) is 4.64. The number of rotatable bonds is 16. The van der Waals surface area contributed by atoms with Crippen LogP contribution in [0, 0.1) is 0 Å². The summed E-state index contributed by atoms with van der Waals surface area (Å²) in [5.41, 5.74) is 4.86. The highest BCUT2D eigenvalue weighted by Crippen LogP contribution is 2.23. The molecule has 0 radical (unpaired) electrons. The number of hydrogen-bond donors (Lipinski definition) is 0. The van der Waals surface area contributed by atoms with Gasteiger partial charge in [-0.15, -0.1) is 0 Å². The van der Waals surface area contributed by atoms with Crippen molar-refractivity contribution < 1.29 is 18.0 Å². The molecule has 0 fully saturated rings. The third-order valence-electron chi connectivity index (χ3n) is 7.12. The summed E-state index contributed by atoms with van der Waals surface area (Å²) in [6, 6.07) is 22.3. The lowest BCUT2D eigenvalue weighted by Gasteiger charge is -2.25. The third-order valence-corrected chi connectivity index (χ3v) is 7.12. The SMILES string of the molecule is CCCCCCN(CCCCCC)c1ccc(C=Cc2ccc(C=Cc3ccc(C(=O)C(F)(F)F)cc3)cc2)cc1. The summed E-state index contributed by atoms with van der Waals surface area (Å²) in [6.45, 7) is 6.74. The Kier molecular flexibility index (Phi) is 12.9. The van der Waals surface area contributed by atoms with E-state index >= 15 is 0 Å². The number of nitrogens with zero attached hydrogens (tertiary/aromatic N) is 1. The van der Waals surface area contributed by atoms with Gasteiger partial charge in [-0.3, -0.25) is 4.79 Å². The number of carbonyl (C=O) groups is 1. The minimum Gasteiger partial charge on any atom is -0.372 e. The molecule has 0 atom stereocenters. The molecule has 0 aliphatic heterocycles. The first-order chi connectivity index (χ1) is 19.8. The molecule has 0 saturated carbocycles. The molecule has 0 spiro atoms. The lowest BCUT2D eigenvalue weighted by molar-refractivity contribution is -0.0885. The van der Waals surface area contributed by atoms with E-state index in [1.165, 1.54) is 81.3 Å². The second kappa shape index (κ2) is 16.6. The van der Waals surface area contributed by atoms with Gasteiger partial charge in [0.1, 0.15) is 0 Å². The van der Waals surface area contributed by atoms with Gasteiger partial charge in [0.15, 0.2) is 0 Å². The summed E-state index contributed by atoms with van der Waals surface area (Å²) in [5, 5.41) is 0. The smallest absolute Gasteiger partial charge is 0.372 e. The second-order valence-corrected chi connectivity index (χ2v) is 10.5. The second-order valence-electron chi connectivity index (χ2n) is 10.5. The van der Waals surface area contributed by atoms with Crippen LogP contribution in [0.1, 0.15) is 97.8 Å². The average Bonchev–Trinajstić information content (AvgIpc) is 2.98. The molecule has 0 unspecified atom stereocenters. The predicted octanol–water partition coefficient (Wildman–Crippen LogP) is 10.7. The Labute approximate surface area is 243 Å². The highest BCUT2D eigenvalue weighted by molar-refractivity contribution is 6.00. The summed E-state index contributed by atoms with van der Waals surface area (Å²) in [7, 11) is 0. The normalized spacial score (nSPS) is 11.9. The number of benzene rings is 3. The molecule has 218 valence electrons. The van der Waals surface area contributed by atoms with E-state index in [1.54, 1.807) is 0 Å². The van der Waals surface area contributed by atoms with Crippen molar-refractivity contribution in [2.45, 2.75) is 71.4 Å². The molecule has 3 rings (SSSR count). The van der Waals surface area contributed by atoms with Crippen molar-refractivity contribution in [1.82, 2.24) is 0 Å². The fourth-order valence-corrected chi connectivity index (χ4v) is 4.64. The molecule has 3 aromatic carbocycles. The first-order valence-corrected chi connectivity index (χ1v) is 14.8. The van der Waals surface area contributed by atoms with Gasteiger partial charge in [-0.25, -0.2) is 0 Å². The number of unbranched alkanes of at least 4 members (excludes halogenated alkanes) is 6. The van der Waals surface area contributed by atoms with Crippen LogP contribution in [-0.4, -0.2) is 25.0 Å². The van der Waals surface area contributed by atoms with E-state index in [0.29, 0.717) is 0 Å². The molecule has 41 heavy (non-hydrogen) atoms. The van der Waals surface area contributed by atoms with Gasteiger partial charge in [0.25, 0.3) is 5.78 Å². The summed E-state index contributed by atoms with van der Waals surface area (Å²) >= 11 is 0. The summed E-state index contributed by atoms with van der Waals surface area (Å²) < 4.78 is 37.7. The largest absolute Gasteiger partial charge is 0.454 e. The average molecular weight is 562 g/mol. The molecular formula is C36H42F3NO. The zero-order chi connectivity index (χ0) is 29.5. The Hall–Kier alpha value is -3.60. The van der Waals surface area contributed by atoms with Crippen molar-refractivity contribution in [3.8, 4) is 0 Å². The highest BCUT2D eigenvalue weighted by atomic mass is 19.4. The molecule has 0 saturated heterocycles. The number of ketones is 1. The summed E-state index contributed by atoms with van der Waals surface area (Å²) in [6.07, 6.45) is 13.2. The first-order valence-electron chi connectivity index (χ1n) is 14.8. The minimum atomic E-state index is -4.86. The van der Waals surface area contributed by atoms with E-state index in [2.05, 4.69) is 55.2 Å². The van der Waals surface area contributed by atoms with Gasteiger partial charge >= 0.3 is 6.18 Å². The van der Waals surface area contributed by atoms with Crippen LogP contribution in [0.15, 0.2) is 72.8 Å². The van der Waals surface area contributed by atoms with E-state index < -0.39 is 12.0 Å². The maximum absolute atomic E-state index is 12.6. The van der Waals surface area contributed by atoms with Gasteiger partial charge in [0.05, 0.1) is 0 Å². The molecule has 0 aliphatic carbocycles. The third kappa shape index (κ3) is 11.1. The quantitative estimate of drug-likeness (QED) is 0.0985. The van der Waals surface area contributed by atoms with Gasteiger partial charge in [0.2, 0.25) is 0 Å².